The lowest BCUT2D eigenvalue weighted by Crippen LogP contribution is -2.68. The molecule has 0 unspecified atom stereocenters. The topological polar surface area (TPSA) is 38.0 Å². The van der Waals surface area contributed by atoms with Crippen molar-refractivity contribution in [2.24, 2.45) is 29.4 Å². The van der Waals surface area contributed by atoms with E-state index >= 15 is 0 Å². The molecule has 112 valence electrons. The predicted molar refractivity (Wildman–Crippen MR) is 83.4 cm³/mol. The van der Waals surface area contributed by atoms with Crippen LogP contribution in [-0.2, 0) is 0 Å². The zero-order chi connectivity index (χ0) is 13.6. The van der Waals surface area contributed by atoms with Crippen LogP contribution in [-0.4, -0.2) is 18.6 Å². The molecule has 2 nitrogen and oxygen atoms in total. The van der Waals surface area contributed by atoms with Gasteiger partial charge in [-0.15, -0.1) is 0 Å². The normalized spacial score (nSPS) is 46.0. The number of nitrogens with one attached hydrogen (secondary N) is 1. The van der Waals surface area contributed by atoms with Crippen LogP contribution in [0.5, 0.6) is 0 Å². The van der Waals surface area contributed by atoms with Crippen LogP contribution in [0.3, 0.4) is 0 Å². The lowest BCUT2D eigenvalue weighted by Gasteiger charge is -2.61. The van der Waals surface area contributed by atoms with Crippen molar-refractivity contribution in [2.75, 3.05) is 13.1 Å². The zero-order valence-electron chi connectivity index (χ0n) is 12.7. The molecule has 0 saturated heterocycles. The SMILES string of the molecule is NCC1(NCCC2=CCCC2)C2CC3CC(C2)CC1C3. The summed E-state index contributed by atoms with van der Waals surface area (Å²) < 4.78 is 0. The molecule has 0 aliphatic heterocycles. The summed E-state index contributed by atoms with van der Waals surface area (Å²) >= 11 is 0. The van der Waals surface area contributed by atoms with Crippen LogP contribution in [0, 0.1) is 23.7 Å². The fourth-order valence-electron chi connectivity index (χ4n) is 6.14. The molecule has 4 saturated carbocycles. The molecule has 0 aromatic rings. The van der Waals surface area contributed by atoms with Gasteiger partial charge in [0.05, 0.1) is 0 Å². The Balaban J connectivity index is 1.43. The average Bonchev–Trinajstić information content (AvgIpc) is 2.95. The Morgan fingerprint density at radius 1 is 1.10 bits per heavy atom. The molecule has 4 fully saturated rings. The maximum absolute atomic E-state index is 6.31. The fraction of sp³-hybridized carbons (Fsp3) is 0.889. The summed E-state index contributed by atoms with van der Waals surface area (Å²) in [6.07, 6.45) is 15.1. The van der Waals surface area contributed by atoms with Crippen molar-refractivity contribution in [3.8, 4) is 0 Å². The first kappa shape index (κ1) is 13.3. The molecule has 5 aliphatic carbocycles. The van der Waals surface area contributed by atoms with Gasteiger partial charge in [0.15, 0.2) is 0 Å². The van der Waals surface area contributed by atoms with Crippen LogP contribution >= 0.6 is 0 Å². The van der Waals surface area contributed by atoms with E-state index in [1.807, 2.05) is 0 Å². The first-order valence-corrected chi connectivity index (χ1v) is 8.93. The summed E-state index contributed by atoms with van der Waals surface area (Å²) in [7, 11) is 0. The van der Waals surface area contributed by atoms with Crippen molar-refractivity contribution < 1.29 is 0 Å². The summed E-state index contributed by atoms with van der Waals surface area (Å²) in [5.74, 6) is 3.83. The van der Waals surface area contributed by atoms with Crippen molar-refractivity contribution >= 4 is 0 Å². The van der Waals surface area contributed by atoms with Crippen molar-refractivity contribution in [3.05, 3.63) is 11.6 Å². The molecule has 5 aliphatic rings. The highest BCUT2D eigenvalue weighted by Gasteiger charge is 2.56. The van der Waals surface area contributed by atoms with Crippen molar-refractivity contribution in [2.45, 2.75) is 63.3 Å². The Bertz CT molecular complexity index is 370. The highest BCUT2D eigenvalue weighted by molar-refractivity contribution is 5.13. The van der Waals surface area contributed by atoms with Crippen LogP contribution in [0.25, 0.3) is 0 Å². The fourth-order valence-corrected chi connectivity index (χ4v) is 6.14. The molecular formula is C18H30N2. The van der Waals surface area contributed by atoms with Crippen molar-refractivity contribution in [3.63, 3.8) is 0 Å². The standard InChI is InChI=1S/C18H30N2/c19-12-18(20-6-5-13-3-1-2-4-13)16-8-14-7-15(10-16)11-17(18)9-14/h3,14-17,20H,1-2,4-12,19H2. The molecule has 0 radical (unpaired) electrons. The van der Waals surface area contributed by atoms with Crippen molar-refractivity contribution in [1.29, 1.82) is 0 Å². The average molecular weight is 274 g/mol. The van der Waals surface area contributed by atoms with Gasteiger partial charge in [-0.05, 0) is 88.0 Å². The van der Waals surface area contributed by atoms with Gasteiger partial charge in [0.1, 0.15) is 0 Å². The zero-order valence-corrected chi connectivity index (χ0v) is 12.7. The summed E-state index contributed by atoms with van der Waals surface area (Å²) in [5.41, 5.74) is 8.29. The second kappa shape index (κ2) is 5.14. The van der Waals surface area contributed by atoms with Crippen LogP contribution in [0.2, 0.25) is 0 Å². The quantitative estimate of drug-likeness (QED) is 0.755. The molecule has 2 heteroatoms. The summed E-state index contributed by atoms with van der Waals surface area (Å²) in [4.78, 5) is 0. The summed E-state index contributed by atoms with van der Waals surface area (Å²) in [6, 6.07) is 0. The third-order valence-corrected chi connectivity index (χ3v) is 6.97. The van der Waals surface area contributed by atoms with E-state index in [1.54, 1.807) is 5.57 Å². The summed E-state index contributed by atoms with van der Waals surface area (Å²) in [5, 5.41) is 3.99. The van der Waals surface area contributed by atoms with Gasteiger partial charge in [-0.3, -0.25) is 0 Å². The monoisotopic (exact) mass is 274 g/mol. The van der Waals surface area contributed by atoms with E-state index < -0.39 is 0 Å². The van der Waals surface area contributed by atoms with Gasteiger partial charge in [0.25, 0.3) is 0 Å². The molecule has 0 amide bonds. The highest BCUT2D eigenvalue weighted by atomic mass is 15.0. The second-order valence-corrected chi connectivity index (χ2v) is 7.98. The lowest BCUT2D eigenvalue weighted by molar-refractivity contribution is -0.0688. The molecule has 0 atom stereocenters. The second-order valence-electron chi connectivity index (χ2n) is 7.98. The number of hydrogen-bond donors (Lipinski definition) is 2. The number of nitrogens with two attached hydrogens (primary N) is 1. The minimum absolute atomic E-state index is 0.298. The van der Waals surface area contributed by atoms with Gasteiger partial charge in [-0.25, -0.2) is 0 Å². The van der Waals surface area contributed by atoms with E-state index in [2.05, 4.69) is 11.4 Å². The van der Waals surface area contributed by atoms with Gasteiger partial charge >= 0.3 is 0 Å². The van der Waals surface area contributed by atoms with Crippen LogP contribution in [0.4, 0.5) is 0 Å². The van der Waals surface area contributed by atoms with E-state index in [4.69, 9.17) is 5.73 Å². The third-order valence-electron chi connectivity index (χ3n) is 6.97. The Labute approximate surface area is 123 Å². The predicted octanol–water partition coefficient (Wildman–Crippen LogP) is 3.23. The van der Waals surface area contributed by atoms with E-state index in [0.717, 1.165) is 36.8 Å². The molecule has 3 N–H and O–H groups in total. The number of rotatable bonds is 5. The van der Waals surface area contributed by atoms with E-state index in [1.165, 1.54) is 57.8 Å². The Kier molecular flexibility index (Phi) is 3.42. The number of allylic oxidation sites excluding steroid dienone is 1. The van der Waals surface area contributed by atoms with E-state index in [0.29, 0.717) is 5.54 Å². The molecule has 0 aromatic heterocycles. The molecule has 0 spiro atoms. The smallest absolute Gasteiger partial charge is 0.0361 e. The molecule has 4 bridgehead atoms. The van der Waals surface area contributed by atoms with Gasteiger partial charge in [-0.1, -0.05) is 11.6 Å². The third kappa shape index (κ3) is 2.07. The maximum Gasteiger partial charge on any atom is 0.0361 e. The van der Waals surface area contributed by atoms with Crippen LogP contribution < -0.4 is 11.1 Å². The Morgan fingerprint density at radius 2 is 1.80 bits per heavy atom. The Morgan fingerprint density at radius 3 is 2.35 bits per heavy atom. The first-order valence-electron chi connectivity index (χ1n) is 8.93. The van der Waals surface area contributed by atoms with Crippen LogP contribution in [0.15, 0.2) is 11.6 Å². The maximum atomic E-state index is 6.31. The molecule has 0 aromatic carbocycles. The molecule has 5 rings (SSSR count). The number of hydrogen-bond acceptors (Lipinski definition) is 2. The van der Waals surface area contributed by atoms with Gasteiger partial charge in [0, 0.05) is 12.1 Å². The first-order chi connectivity index (χ1) is 9.80. The van der Waals surface area contributed by atoms with Gasteiger partial charge < -0.3 is 11.1 Å². The minimum atomic E-state index is 0.298. The minimum Gasteiger partial charge on any atom is -0.329 e. The molecule has 20 heavy (non-hydrogen) atoms. The molecule has 0 heterocycles. The van der Waals surface area contributed by atoms with Crippen LogP contribution in [0.1, 0.15) is 57.8 Å². The lowest BCUT2D eigenvalue weighted by atomic mass is 9.48. The summed E-state index contributed by atoms with van der Waals surface area (Å²) in [6.45, 7) is 2.02. The van der Waals surface area contributed by atoms with Crippen molar-refractivity contribution in [1.82, 2.24) is 5.32 Å². The molecular weight excluding hydrogens is 244 g/mol. The van der Waals surface area contributed by atoms with Gasteiger partial charge in [-0.2, -0.15) is 0 Å². The Hall–Kier alpha value is -0.340. The largest absolute Gasteiger partial charge is 0.329 e. The van der Waals surface area contributed by atoms with E-state index in [9.17, 15) is 0 Å². The highest BCUT2D eigenvalue weighted by Crippen LogP contribution is 2.57. The van der Waals surface area contributed by atoms with E-state index in [-0.39, 0.29) is 0 Å². The van der Waals surface area contributed by atoms with Gasteiger partial charge in [0.2, 0.25) is 0 Å².